The molecule has 0 unspecified atom stereocenters. The van der Waals surface area contributed by atoms with E-state index in [9.17, 15) is 13.2 Å². The Morgan fingerprint density at radius 2 is 1.93 bits per heavy atom. The number of nitrogens with one attached hydrogen (secondary N) is 1. The molecule has 0 atom stereocenters. The zero-order valence-electron chi connectivity index (χ0n) is 15.8. The molecule has 7 nitrogen and oxygen atoms in total. The first-order valence-electron chi connectivity index (χ1n) is 8.97. The molecular weight excluding hydrogens is 385 g/mol. The van der Waals surface area contributed by atoms with Gasteiger partial charge in [0.2, 0.25) is 0 Å². The third-order valence-corrected chi connectivity index (χ3v) is 4.48. The van der Waals surface area contributed by atoms with Crippen LogP contribution < -0.4 is 10.1 Å². The van der Waals surface area contributed by atoms with Crippen LogP contribution in [0.2, 0.25) is 0 Å². The molecule has 152 valence electrons. The summed E-state index contributed by atoms with van der Waals surface area (Å²) in [7, 11) is 3.76. The molecule has 0 saturated carbocycles. The van der Waals surface area contributed by atoms with Crippen LogP contribution >= 0.6 is 0 Å². The Labute approximate surface area is 164 Å². The van der Waals surface area contributed by atoms with E-state index in [1.54, 1.807) is 17.2 Å². The molecule has 29 heavy (non-hydrogen) atoms. The molecule has 2 aromatic heterocycles. The summed E-state index contributed by atoms with van der Waals surface area (Å²) >= 11 is 0. The number of ether oxygens (including phenoxy) is 1. The van der Waals surface area contributed by atoms with E-state index in [-0.39, 0.29) is 11.7 Å². The van der Waals surface area contributed by atoms with Gasteiger partial charge in [0.15, 0.2) is 5.65 Å². The van der Waals surface area contributed by atoms with Gasteiger partial charge in [-0.05, 0) is 30.3 Å². The summed E-state index contributed by atoms with van der Waals surface area (Å²) in [5.41, 5.74) is 2.80. The van der Waals surface area contributed by atoms with Crippen LogP contribution in [0.25, 0.3) is 16.7 Å². The molecule has 10 heteroatoms. The highest BCUT2D eigenvalue weighted by Crippen LogP contribution is 2.35. The van der Waals surface area contributed by atoms with Crippen LogP contribution in [-0.4, -0.2) is 59.6 Å². The van der Waals surface area contributed by atoms with Crippen molar-refractivity contribution in [2.24, 2.45) is 4.99 Å². The van der Waals surface area contributed by atoms with Gasteiger partial charge in [0.05, 0.1) is 28.8 Å². The molecule has 1 aliphatic rings. The highest BCUT2D eigenvalue weighted by Gasteiger charge is 2.31. The lowest BCUT2D eigenvalue weighted by atomic mass is 9.97. The maximum absolute atomic E-state index is 12.4. The maximum Gasteiger partial charge on any atom is 0.573 e. The molecule has 0 aliphatic carbocycles. The van der Waals surface area contributed by atoms with Crippen LogP contribution in [0, 0.1) is 0 Å². The molecule has 1 N–H and O–H groups in total. The van der Waals surface area contributed by atoms with Crippen LogP contribution in [0.15, 0.2) is 41.5 Å². The van der Waals surface area contributed by atoms with Gasteiger partial charge in [0, 0.05) is 39.3 Å². The van der Waals surface area contributed by atoms with Gasteiger partial charge in [-0.15, -0.1) is 13.2 Å². The first-order valence-corrected chi connectivity index (χ1v) is 8.97. The van der Waals surface area contributed by atoms with Crippen molar-refractivity contribution in [1.82, 2.24) is 25.0 Å². The SMILES string of the molecule is CN(C)/C=N/c1ccnc2c1c(C1CNC1)nn2-c1ccc(OC(F)(F)F)cc1. The Morgan fingerprint density at radius 3 is 2.52 bits per heavy atom. The normalized spacial score (nSPS) is 15.1. The van der Waals surface area contributed by atoms with E-state index in [1.807, 2.05) is 25.1 Å². The molecule has 0 spiro atoms. The predicted molar refractivity (Wildman–Crippen MR) is 103 cm³/mol. The largest absolute Gasteiger partial charge is 0.573 e. The molecule has 3 heterocycles. The van der Waals surface area contributed by atoms with Gasteiger partial charge in [-0.1, -0.05) is 0 Å². The van der Waals surface area contributed by atoms with Crippen molar-refractivity contribution in [3.63, 3.8) is 0 Å². The maximum atomic E-state index is 12.4. The number of pyridine rings is 1. The zero-order valence-corrected chi connectivity index (χ0v) is 15.8. The van der Waals surface area contributed by atoms with Crippen LogP contribution in [0.3, 0.4) is 0 Å². The second-order valence-electron chi connectivity index (χ2n) is 6.93. The van der Waals surface area contributed by atoms with Crippen LogP contribution in [0.1, 0.15) is 11.6 Å². The summed E-state index contributed by atoms with van der Waals surface area (Å²) in [6.07, 6.45) is -1.38. The van der Waals surface area contributed by atoms with Crippen molar-refractivity contribution in [3.8, 4) is 11.4 Å². The van der Waals surface area contributed by atoms with Gasteiger partial charge in [-0.2, -0.15) is 5.10 Å². The first-order chi connectivity index (χ1) is 13.8. The second-order valence-corrected chi connectivity index (χ2v) is 6.93. The Kier molecular flexibility index (Phi) is 4.87. The van der Waals surface area contributed by atoms with Crippen LogP contribution in [0.5, 0.6) is 5.75 Å². The number of nitrogens with zero attached hydrogens (tertiary/aromatic N) is 5. The van der Waals surface area contributed by atoms with Crippen molar-refractivity contribution >= 4 is 23.1 Å². The number of benzene rings is 1. The van der Waals surface area contributed by atoms with Crippen LogP contribution in [-0.2, 0) is 0 Å². The molecular formula is C19H19F3N6O. The van der Waals surface area contributed by atoms with Crippen molar-refractivity contribution in [1.29, 1.82) is 0 Å². The van der Waals surface area contributed by atoms with E-state index in [0.29, 0.717) is 11.3 Å². The third-order valence-electron chi connectivity index (χ3n) is 4.48. The van der Waals surface area contributed by atoms with E-state index >= 15 is 0 Å². The zero-order chi connectivity index (χ0) is 20.6. The van der Waals surface area contributed by atoms with Crippen molar-refractivity contribution in [3.05, 3.63) is 42.2 Å². The molecule has 4 rings (SSSR count). The number of alkyl halides is 3. The van der Waals surface area contributed by atoms with E-state index < -0.39 is 6.36 Å². The fourth-order valence-corrected chi connectivity index (χ4v) is 3.07. The number of hydrogen-bond donors (Lipinski definition) is 1. The summed E-state index contributed by atoms with van der Waals surface area (Å²) in [5.74, 6) is -0.0607. The molecule has 0 radical (unpaired) electrons. The third kappa shape index (κ3) is 4.02. The number of aromatic nitrogens is 3. The topological polar surface area (TPSA) is 67.6 Å². The summed E-state index contributed by atoms with van der Waals surface area (Å²) in [5, 5.41) is 8.81. The Bertz CT molecular complexity index is 1040. The summed E-state index contributed by atoms with van der Waals surface area (Å²) < 4.78 is 42.8. The van der Waals surface area contributed by atoms with Gasteiger partial charge in [0.25, 0.3) is 0 Å². The van der Waals surface area contributed by atoms with Crippen molar-refractivity contribution in [2.45, 2.75) is 12.3 Å². The fourth-order valence-electron chi connectivity index (χ4n) is 3.07. The van der Waals surface area contributed by atoms with Gasteiger partial charge in [0.1, 0.15) is 5.75 Å². The quantitative estimate of drug-likeness (QED) is 0.523. The lowest BCUT2D eigenvalue weighted by Gasteiger charge is -2.25. The van der Waals surface area contributed by atoms with Gasteiger partial charge < -0.3 is 15.0 Å². The highest BCUT2D eigenvalue weighted by molar-refractivity contribution is 5.92. The van der Waals surface area contributed by atoms with Crippen LogP contribution in [0.4, 0.5) is 18.9 Å². The van der Waals surface area contributed by atoms with Crippen molar-refractivity contribution in [2.75, 3.05) is 27.2 Å². The minimum atomic E-state index is -4.73. The Balaban J connectivity index is 1.80. The highest BCUT2D eigenvalue weighted by atomic mass is 19.4. The monoisotopic (exact) mass is 404 g/mol. The Morgan fingerprint density at radius 1 is 1.21 bits per heavy atom. The van der Waals surface area contributed by atoms with E-state index in [1.165, 1.54) is 24.3 Å². The van der Waals surface area contributed by atoms with Gasteiger partial charge >= 0.3 is 6.36 Å². The number of fused-ring (bicyclic) bond motifs is 1. The molecule has 1 saturated heterocycles. The van der Waals surface area contributed by atoms with E-state index in [4.69, 9.17) is 5.10 Å². The smallest absolute Gasteiger partial charge is 0.406 e. The lowest BCUT2D eigenvalue weighted by molar-refractivity contribution is -0.274. The number of halogens is 3. The predicted octanol–water partition coefficient (Wildman–Crippen LogP) is 3.23. The first kappa shape index (κ1) is 19.2. The average Bonchev–Trinajstić information content (AvgIpc) is 2.98. The van der Waals surface area contributed by atoms with E-state index in [2.05, 4.69) is 20.0 Å². The Hall–Kier alpha value is -3.14. The van der Waals surface area contributed by atoms with Gasteiger partial charge in [-0.25, -0.2) is 14.7 Å². The number of hydrogen-bond acceptors (Lipinski definition) is 5. The molecule has 1 aromatic carbocycles. The molecule has 0 amide bonds. The summed E-state index contributed by atoms with van der Waals surface area (Å²) in [6, 6.07) is 7.38. The second kappa shape index (κ2) is 7.36. The van der Waals surface area contributed by atoms with E-state index in [0.717, 1.165) is 29.9 Å². The minimum Gasteiger partial charge on any atom is -0.406 e. The fraction of sp³-hybridized carbons (Fsp3) is 0.316. The summed E-state index contributed by atoms with van der Waals surface area (Å²) in [4.78, 5) is 10.8. The molecule has 1 aliphatic heterocycles. The molecule has 1 fully saturated rings. The number of aliphatic imine (C=N–C) groups is 1. The van der Waals surface area contributed by atoms with Gasteiger partial charge in [-0.3, -0.25) is 0 Å². The minimum absolute atomic E-state index is 0.226. The number of rotatable bonds is 5. The van der Waals surface area contributed by atoms with Crippen molar-refractivity contribution < 1.29 is 17.9 Å². The standard InChI is InChI=1S/C19H19F3N6O/c1-27(2)11-25-15-7-8-24-18-16(15)17(12-9-23-10-12)26-28(18)13-3-5-14(6-4-13)29-19(20,21)22/h3-8,11-12,23H,9-10H2,1-2H3/b25-11+. The molecule has 3 aromatic rings. The lowest BCUT2D eigenvalue weighted by Crippen LogP contribution is -2.40. The average molecular weight is 404 g/mol. The summed E-state index contributed by atoms with van der Waals surface area (Å²) in [6.45, 7) is 1.60. The molecule has 0 bridgehead atoms.